The smallest absolute Gasteiger partial charge is 0.172 e. The highest BCUT2D eigenvalue weighted by molar-refractivity contribution is 5.73. The molecule has 0 aliphatic rings. The van der Waals surface area contributed by atoms with Gasteiger partial charge in [-0.1, -0.05) is 12.1 Å². The molecule has 0 amide bonds. The van der Waals surface area contributed by atoms with Crippen LogP contribution in [-0.4, -0.2) is 24.4 Å². The molecule has 0 radical (unpaired) electrons. The number of benzene rings is 1. The number of rotatable bonds is 2. The molecular weight excluding hydrogens is 288 g/mol. The first-order valence-corrected chi connectivity index (χ1v) is 7.11. The van der Waals surface area contributed by atoms with Gasteiger partial charge in [0.25, 0.3) is 0 Å². The summed E-state index contributed by atoms with van der Waals surface area (Å²) in [5, 5.41) is 17.6. The Morgan fingerprint density at radius 3 is 2.87 bits per heavy atom. The Bertz CT molecular complexity index is 1040. The lowest BCUT2D eigenvalue weighted by Gasteiger charge is -2.11. The van der Waals surface area contributed by atoms with Gasteiger partial charge in [0.15, 0.2) is 5.65 Å². The summed E-state index contributed by atoms with van der Waals surface area (Å²) in [7, 11) is 0. The molecule has 23 heavy (non-hydrogen) atoms. The lowest BCUT2D eigenvalue weighted by Crippen LogP contribution is -2.00. The van der Waals surface area contributed by atoms with Crippen LogP contribution in [0.25, 0.3) is 22.5 Å². The quantitative estimate of drug-likeness (QED) is 0.570. The number of nitriles is 1. The Morgan fingerprint density at radius 2 is 2.09 bits per heavy atom. The highest BCUT2D eigenvalue weighted by Gasteiger charge is 2.11. The van der Waals surface area contributed by atoms with E-state index in [1.165, 1.54) is 6.20 Å². The van der Waals surface area contributed by atoms with Crippen LogP contribution in [0.5, 0.6) is 0 Å². The number of aromatic nitrogens is 5. The van der Waals surface area contributed by atoms with E-state index in [4.69, 9.17) is 5.26 Å². The van der Waals surface area contributed by atoms with Crippen molar-refractivity contribution >= 4 is 5.65 Å². The predicted molar refractivity (Wildman–Crippen MR) is 85.0 cm³/mol. The minimum absolute atomic E-state index is 0.466. The van der Waals surface area contributed by atoms with Gasteiger partial charge >= 0.3 is 0 Å². The van der Waals surface area contributed by atoms with E-state index in [0.717, 1.165) is 22.4 Å². The molecule has 6 heteroatoms. The summed E-state index contributed by atoms with van der Waals surface area (Å²) >= 11 is 0. The first-order valence-electron chi connectivity index (χ1n) is 7.11. The Balaban J connectivity index is 1.93. The fourth-order valence-electron chi connectivity index (χ4n) is 2.58. The lowest BCUT2D eigenvalue weighted by atomic mass is 10.0. The molecule has 6 nitrogen and oxygen atoms in total. The summed E-state index contributed by atoms with van der Waals surface area (Å²) in [5.74, 6) is 0. The third kappa shape index (κ3) is 2.15. The molecule has 0 atom stereocenters. The molecule has 1 aromatic carbocycles. The second-order valence-corrected chi connectivity index (χ2v) is 5.25. The van der Waals surface area contributed by atoms with Crippen LogP contribution in [0, 0.1) is 18.3 Å². The molecule has 3 heterocycles. The lowest BCUT2D eigenvalue weighted by molar-refractivity contribution is 0.879. The van der Waals surface area contributed by atoms with E-state index in [1.807, 2.05) is 36.1 Å². The van der Waals surface area contributed by atoms with Crippen LogP contribution < -0.4 is 0 Å². The van der Waals surface area contributed by atoms with Gasteiger partial charge in [0.2, 0.25) is 0 Å². The minimum Gasteiger partial charge on any atom is -0.240 e. The first kappa shape index (κ1) is 13.2. The SMILES string of the molecule is Cc1ccc(-c2cnc3c(C#N)cnn3c2)c(-n2cccn2)c1. The zero-order chi connectivity index (χ0) is 15.8. The van der Waals surface area contributed by atoms with E-state index in [1.54, 1.807) is 16.9 Å². The van der Waals surface area contributed by atoms with E-state index in [2.05, 4.69) is 33.4 Å². The summed E-state index contributed by atoms with van der Waals surface area (Å²) in [6.07, 6.45) is 8.82. The fraction of sp³-hybridized carbons (Fsp3) is 0.0588. The van der Waals surface area contributed by atoms with Crippen molar-refractivity contribution in [3.05, 3.63) is 66.4 Å². The molecule has 0 fully saturated rings. The predicted octanol–water partition coefficient (Wildman–Crippen LogP) is 2.76. The van der Waals surface area contributed by atoms with Crippen molar-refractivity contribution in [1.82, 2.24) is 24.4 Å². The van der Waals surface area contributed by atoms with Crippen LogP contribution in [0.1, 0.15) is 11.1 Å². The molecule has 0 bridgehead atoms. The summed E-state index contributed by atoms with van der Waals surface area (Å²) in [5.41, 5.74) is 5.07. The zero-order valence-corrected chi connectivity index (χ0v) is 12.4. The maximum atomic E-state index is 9.06. The molecule has 110 valence electrons. The number of fused-ring (bicyclic) bond motifs is 1. The maximum Gasteiger partial charge on any atom is 0.172 e. The van der Waals surface area contributed by atoms with Gasteiger partial charge in [0, 0.05) is 35.9 Å². The Morgan fingerprint density at radius 1 is 1.17 bits per heavy atom. The van der Waals surface area contributed by atoms with Crippen molar-refractivity contribution in [1.29, 1.82) is 5.26 Å². The summed E-state index contributed by atoms with van der Waals surface area (Å²) in [4.78, 5) is 4.38. The number of nitrogens with zero attached hydrogens (tertiary/aromatic N) is 6. The van der Waals surface area contributed by atoms with E-state index in [9.17, 15) is 0 Å². The first-order chi connectivity index (χ1) is 11.3. The average Bonchev–Trinajstić information content (AvgIpc) is 3.23. The van der Waals surface area contributed by atoms with Gasteiger partial charge in [0.05, 0.1) is 11.9 Å². The molecule has 0 saturated heterocycles. The summed E-state index contributed by atoms with van der Waals surface area (Å²) in [6, 6.07) is 10.2. The molecule has 0 aliphatic carbocycles. The minimum atomic E-state index is 0.466. The van der Waals surface area contributed by atoms with Gasteiger partial charge in [-0.05, 0) is 24.6 Å². The van der Waals surface area contributed by atoms with Gasteiger partial charge in [-0.25, -0.2) is 14.2 Å². The number of aryl methyl sites for hydroxylation is 1. The average molecular weight is 300 g/mol. The van der Waals surface area contributed by atoms with E-state index in [-0.39, 0.29) is 0 Å². The number of hydrogen-bond acceptors (Lipinski definition) is 4. The molecule has 0 N–H and O–H groups in total. The van der Waals surface area contributed by atoms with Crippen LogP contribution in [-0.2, 0) is 0 Å². The Labute approximate surface area is 132 Å². The van der Waals surface area contributed by atoms with Crippen molar-refractivity contribution in [2.24, 2.45) is 0 Å². The van der Waals surface area contributed by atoms with Crippen molar-refractivity contribution in [2.45, 2.75) is 6.92 Å². The second kappa shape index (κ2) is 5.07. The zero-order valence-electron chi connectivity index (χ0n) is 12.4. The third-order valence-corrected chi connectivity index (χ3v) is 3.69. The second-order valence-electron chi connectivity index (χ2n) is 5.25. The van der Waals surface area contributed by atoms with Crippen molar-refractivity contribution < 1.29 is 0 Å². The van der Waals surface area contributed by atoms with Gasteiger partial charge < -0.3 is 0 Å². The molecule has 0 aliphatic heterocycles. The van der Waals surface area contributed by atoms with Crippen molar-refractivity contribution in [3.63, 3.8) is 0 Å². The monoisotopic (exact) mass is 300 g/mol. The van der Waals surface area contributed by atoms with Crippen LogP contribution in [0.2, 0.25) is 0 Å². The summed E-state index contributed by atoms with van der Waals surface area (Å²) in [6.45, 7) is 2.05. The van der Waals surface area contributed by atoms with Gasteiger partial charge in [-0.2, -0.15) is 15.5 Å². The normalized spacial score (nSPS) is 10.8. The molecule has 4 aromatic rings. The molecule has 3 aromatic heterocycles. The van der Waals surface area contributed by atoms with Gasteiger partial charge in [0.1, 0.15) is 11.6 Å². The molecular formula is C17H12N6. The van der Waals surface area contributed by atoms with E-state index in [0.29, 0.717) is 11.2 Å². The Hall–Kier alpha value is -3.46. The Kier molecular flexibility index (Phi) is 2.91. The molecule has 4 rings (SSSR count). The molecule has 0 saturated carbocycles. The van der Waals surface area contributed by atoms with Crippen LogP contribution >= 0.6 is 0 Å². The van der Waals surface area contributed by atoms with E-state index >= 15 is 0 Å². The van der Waals surface area contributed by atoms with Crippen molar-refractivity contribution in [3.8, 4) is 22.9 Å². The molecule has 0 unspecified atom stereocenters. The van der Waals surface area contributed by atoms with Crippen LogP contribution in [0.4, 0.5) is 0 Å². The maximum absolute atomic E-state index is 9.06. The molecule has 0 spiro atoms. The topological polar surface area (TPSA) is 71.8 Å². The van der Waals surface area contributed by atoms with Gasteiger partial charge in [-0.15, -0.1) is 0 Å². The number of hydrogen-bond donors (Lipinski definition) is 0. The van der Waals surface area contributed by atoms with Crippen LogP contribution in [0.3, 0.4) is 0 Å². The highest BCUT2D eigenvalue weighted by atomic mass is 15.3. The van der Waals surface area contributed by atoms with Crippen molar-refractivity contribution in [2.75, 3.05) is 0 Å². The van der Waals surface area contributed by atoms with Crippen LogP contribution in [0.15, 0.2) is 55.2 Å². The fourth-order valence-corrected chi connectivity index (χ4v) is 2.58. The standard InChI is InChI=1S/C17H12N6/c1-12-3-4-15(16(7-12)22-6-2-5-20-22)14-9-19-17-13(8-18)10-21-23(17)11-14/h2-7,9-11H,1H3. The van der Waals surface area contributed by atoms with Gasteiger partial charge in [-0.3, -0.25) is 0 Å². The van der Waals surface area contributed by atoms with E-state index < -0.39 is 0 Å². The summed E-state index contributed by atoms with van der Waals surface area (Å²) < 4.78 is 3.46. The third-order valence-electron chi connectivity index (χ3n) is 3.69. The highest BCUT2D eigenvalue weighted by Crippen LogP contribution is 2.27. The largest absolute Gasteiger partial charge is 0.240 e.